The number of Topliss-reactive ketones (excluding diaryl/α,β-unsaturated/α-hetero) is 1. The summed E-state index contributed by atoms with van der Waals surface area (Å²) in [5.74, 6) is -0.0594. The monoisotopic (exact) mass is 239 g/mol. The lowest BCUT2D eigenvalue weighted by Crippen LogP contribution is -2.16. The van der Waals surface area contributed by atoms with E-state index in [1.54, 1.807) is 0 Å². The Balaban J connectivity index is 2.09. The maximum atomic E-state index is 12.1. The molecule has 1 aliphatic rings. The number of hydrogen-bond donors (Lipinski definition) is 0. The summed E-state index contributed by atoms with van der Waals surface area (Å²) in [4.78, 5) is 16.5. The van der Waals surface area contributed by atoms with Crippen molar-refractivity contribution < 1.29 is 4.79 Å². The number of aromatic nitrogens is 2. The first-order chi connectivity index (χ1) is 8.72. The van der Waals surface area contributed by atoms with Gasteiger partial charge in [-0.3, -0.25) is 4.79 Å². The summed E-state index contributed by atoms with van der Waals surface area (Å²) in [6.07, 6.45) is 1.84. The van der Waals surface area contributed by atoms with Gasteiger partial charge in [-0.05, 0) is 25.0 Å². The Hall–Kier alpha value is -2.15. The molecular formula is C14H13N3O. The van der Waals surface area contributed by atoms with Crippen molar-refractivity contribution in [3.63, 3.8) is 0 Å². The van der Waals surface area contributed by atoms with E-state index in [-0.39, 0.29) is 11.7 Å². The minimum Gasteiger partial charge on any atom is -0.330 e. The molecular weight excluding hydrogens is 226 g/mol. The second-order valence-corrected chi connectivity index (χ2v) is 4.76. The third-order valence-corrected chi connectivity index (χ3v) is 3.47. The van der Waals surface area contributed by atoms with Gasteiger partial charge in [0, 0.05) is 13.0 Å². The van der Waals surface area contributed by atoms with E-state index in [2.05, 4.69) is 11.1 Å². The molecule has 1 atom stereocenters. The predicted octanol–water partition coefficient (Wildman–Crippen LogP) is 2.16. The van der Waals surface area contributed by atoms with Crippen LogP contribution in [0.5, 0.6) is 0 Å². The smallest absolute Gasteiger partial charge is 0.163 e. The predicted molar refractivity (Wildman–Crippen MR) is 66.8 cm³/mol. The quantitative estimate of drug-likeness (QED) is 0.824. The lowest BCUT2D eigenvalue weighted by Gasteiger charge is -2.07. The normalized spacial score (nSPS) is 16.4. The molecule has 0 saturated heterocycles. The third-order valence-electron chi connectivity index (χ3n) is 3.47. The molecule has 0 bridgehead atoms. The number of nitrogens with zero attached hydrogens (tertiary/aromatic N) is 3. The second kappa shape index (κ2) is 3.95. The molecule has 2 aromatic rings. The lowest BCUT2D eigenvalue weighted by atomic mass is 10.0. The van der Waals surface area contributed by atoms with Crippen molar-refractivity contribution in [1.29, 1.82) is 5.26 Å². The van der Waals surface area contributed by atoms with Gasteiger partial charge in [-0.1, -0.05) is 12.1 Å². The molecule has 1 aromatic heterocycles. The topological polar surface area (TPSA) is 58.7 Å². The molecule has 1 unspecified atom stereocenters. The van der Waals surface area contributed by atoms with Gasteiger partial charge in [0.2, 0.25) is 0 Å². The molecule has 90 valence electrons. The Labute approximate surface area is 105 Å². The van der Waals surface area contributed by atoms with Crippen LogP contribution in [0.15, 0.2) is 24.3 Å². The Kier molecular flexibility index (Phi) is 2.41. The summed E-state index contributed by atoms with van der Waals surface area (Å²) in [5, 5.41) is 9.25. The van der Waals surface area contributed by atoms with Crippen molar-refractivity contribution in [2.45, 2.75) is 18.8 Å². The van der Waals surface area contributed by atoms with E-state index in [1.807, 2.05) is 35.9 Å². The number of carbonyl (C=O) groups is 1. The number of fused-ring (bicyclic) bond motifs is 1. The SMILES string of the molecule is Cn1c(C(C#N)C(=O)C2CC2)nc2ccccc21. The van der Waals surface area contributed by atoms with E-state index in [0.717, 1.165) is 23.9 Å². The molecule has 18 heavy (non-hydrogen) atoms. The largest absolute Gasteiger partial charge is 0.330 e. The fraction of sp³-hybridized carbons (Fsp3) is 0.357. The average molecular weight is 239 g/mol. The Morgan fingerprint density at radius 2 is 2.22 bits per heavy atom. The van der Waals surface area contributed by atoms with Gasteiger partial charge >= 0.3 is 0 Å². The van der Waals surface area contributed by atoms with Crippen LogP contribution < -0.4 is 0 Å². The number of imidazole rings is 1. The number of rotatable bonds is 3. The van der Waals surface area contributed by atoms with E-state index in [0.29, 0.717) is 5.82 Å². The van der Waals surface area contributed by atoms with Gasteiger partial charge in [-0.2, -0.15) is 5.26 Å². The number of benzene rings is 1. The first kappa shape index (κ1) is 11.0. The molecule has 0 spiro atoms. The molecule has 0 amide bonds. The molecule has 4 heteroatoms. The van der Waals surface area contributed by atoms with Crippen LogP contribution in [0.4, 0.5) is 0 Å². The van der Waals surface area contributed by atoms with Crippen molar-refractivity contribution >= 4 is 16.8 Å². The van der Waals surface area contributed by atoms with E-state index in [9.17, 15) is 10.1 Å². The van der Waals surface area contributed by atoms with Crippen molar-refractivity contribution in [3.8, 4) is 6.07 Å². The molecule has 3 rings (SSSR count). The standard InChI is InChI=1S/C14H13N3O/c1-17-12-5-3-2-4-11(12)16-14(17)10(8-15)13(18)9-6-7-9/h2-5,9-10H,6-7H2,1H3. The number of ketones is 1. The molecule has 1 fully saturated rings. The van der Waals surface area contributed by atoms with Crippen LogP contribution in [0, 0.1) is 17.2 Å². The molecule has 1 saturated carbocycles. The van der Waals surface area contributed by atoms with Crippen LogP contribution in [-0.2, 0) is 11.8 Å². The van der Waals surface area contributed by atoms with Crippen LogP contribution in [-0.4, -0.2) is 15.3 Å². The zero-order chi connectivity index (χ0) is 12.7. The van der Waals surface area contributed by atoms with Gasteiger partial charge in [0.05, 0.1) is 17.1 Å². The van der Waals surface area contributed by atoms with Crippen LogP contribution in [0.2, 0.25) is 0 Å². The van der Waals surface area contributed by atoms with E-state index in [1.165, 1.54) is 0 Å². The maximum absolute atomic E-state index is 12.1. The van der Waals surface area contributed by atoms with Gasteiger partial charge in [-0.15, -0.1) is 0 Å². The van der Waals surface area contributed by atoms with Crippen LogP contribution >= 0.6 is 0 Å². The van der Waals surface area contributed by atoms with Gasteiger partial charge in [0.15, 0.2) is 11.7 Å². The fourth-order valence-corrected chi connectivity index (χ4v) is 2.27. The minimum atomic E-state index is -0.727. The number of nitriles is 1. The van der Waals surface area contributed by atoms with Crippen molar-refractivity contribution in [2.75, 3.05) is 0 Å². The Morgan fingerprint density at radius 1 is 1.50 bits per heavy atom. The second-order valence-electron chi connectivity index (χ2n) is 4.76. The number of aryl methyl sites for hydroxylation is 1. The van der Waals surface area contributed by atoms with E-state index >= 15 is 0 Å². The first-order valence-electron chi connectivity index (χ1n) is 6.07. The molecule has 0 N–H and O–H groups in total. The first-order valence-corrected chi connectivity index (χ1v) is 6.07. The van der Waals surface area contributed by atoms with Gasteiger partial charge in [0.1, 0.15) is 5.82 Å². The molecule has 1 aliphatic carbocycles. The number of hydrogen-bond acceptors (Lipinski definition) is 3. The summed E-state index contributed by atoms with van der Waals surface area (Å²) in [6, 6.07) is 9.79. The number of para-hydroxylation sites is 2. The fourth-order valence-electron chi connectivity index (χ4n) is 2.27. The van der Waals surface area contributed by atoms with Gasteiger partial charge in [-0.25, -0.2) is 4.98 Å². The lowest BCUT2D eigenvalue weighted by molar-refractivity contribution is -0.120. The minimum absolute atomic E-state index is 0.0240. The zero-order valence-electron chi connectivity index (χ0n) is 10.1. The Morgan fingerprint density at radius 3 is 2.83 bits per heavy atom. The summed E-state index contributed by atoms with van der Waals surface area (Å²) < 4.78 is 1.85. The Bertz CT molecular complexity index is 661. The van der Waals surface area contributed by atoms with Crippen LogP contribution in [0.3, 0.4) is 0 Å². The highest BCUT2D eigenvalue weighted by atomic mass is 16.1. The molecule has 1 aromatic carbocycles. The summed E-state index contributed by atoms with van der Waals surface area (Å²) >= 11 is 0. The highest BCUT2D eigenvalue weighted by Crippen LogP contribution is 2.35. The molecule has 1 heterocycles. The number of carbonyl (C=O) groups excluding carboxylic acids is 1. The van der Waals surface area contributed by atoms with Crippen molar-refractivity contribution in [3.05, 3.63) is 30.1 Å². The molecule has 4 nitrogen and oxygen atoms in total. The average Bonchev–Trinajstić information content (AvgIpc) is 3.18. The highest BCUT2D eigenvalue weighted by Gasteiger charge is 2.37. The molecule has 0 radical (unpaired) electrons. The summed E-state index contributed by atoms with van der Waals surface area (Å²) in [5.41, 5.74) is 1.79. The van der Waals surface area contributed by atoms with Gasteiger partial charge < -0.3 is 4.57 Å². The van der Waals surface area contributed by atoms with Gasteiger partial charge in [0.25, 0.3) is 0 Å². The third kappa shape index (κ3) is 1.60. The summed E-state index contributed by atoms with van der Waals surface area (Å²) in [6.45, 7) is 0. The van der Waals surface area contributed by atoms with Crippen molar-refractivity contribution in [1.82, 2.24) is 9.55 Å². The highest BCUT2D eigenvalue weighted by molar-refractivity contribution is 5.92. The van der Waals surface area contributed by atoms with Crippen LogP contribution in [0.25, 0.3) is 11.0 Å². The van der Waals surface area contributed by atoms with E-state index in [4.69, 9.17) is 0 Å². The van der Waals surface area contributed by atoms with E-state index < -0.39 is 5.92 Å². The van der Waals surface area contributed by atoms with Crippen molar-refractivity contribution in [2.24, 2.45) is 13.0 Å². The zero-order valence-corrected chi connectivity index (χ0v) is 10.1. The summed E-state index contributed by atoms with van der Waals surface area (Å²) in [7, 11) is 1.86. The maximum Gasteiger partial charge on any atom is 0.163 e. The van der Waals surface area contributed by atoms with Crippen LogP contribution in [0.1, 0.15) is 24.6 Å². The molecule has 0 aliphatic heterocycles.